The second kappa shape index (κ2) is 19.5. The van der Waals surface area contributed by atoms with E-state index in [1.807, 2.05) is 24.3 Å². The number of ether oxygens (including phenoxy) is 1. The number of hydrogen-bond acceptors (Lipinski definition) is 11. The van der Waals surface area contributed by atoms with Crippen LogP contribution in [0.25, 0.3) is 11.3 Å². The molecule has 5 amide bonds. The molecular formula is C43H49N7O7. The van der Waals surface area contributed by atoms with Crippen molar-refractivity contribution in [3.63, 3.8) is 0 Å². The molecule has 1 unspecified atom stereocenters. The smallest absolute Gasteiger partial charge is 0.262 e. The number of imide groups is 2. The first-order chi connectivity index (χ1) is 27.7. The van der Waals surface area contributed by atoms with Crippen LogP contribution in [0, 0.1) is 0 Å². The number of amides is 5. The molecule has 0 radical (unpaired) electrons. The van der Waals surface area contributed by atoms with Gasteiger partial charge >= 0.3 is 0 Å². The summed E-state index contributed by atoms with van der Waals surface area (Å²) in [5, 5.41) is 26.7. The molecule has 3 aromatic carbocycles. The van der Waals surface area contributed by atoms with Gasteiger partial charge < -0.3 is 26.2 Å². The number of rotatable bonds is 20. The van der Waals surface area contributed by atoms with Crippen LogP contribution in [-0.4, -0.2) is 68.9 Å². The molecule has 0 aliphatic carbocycles. The minimum absolute atomic E-state index is 0.0534. The van der Waals surface area contributed by atoms with Crippen LogP contribution in [0.5, 0.6) is 11.5 Å². The Morgan fingerprint density at radius 3 is 2.28 bits per heavy atom. The van der Waals surface area contributed by atoms with Crippen LogP contribution in [0.1, 0.15) is 102 Å². The topological polar surface area (TPSA) is 206 Å². The third-order valence-electron chi connectivity index (χ3n) is 10.2. The highest BCUT2D eigenvalue weighted by molar-refractivity contribution is 6.23. The Hall–Kier alpha value is -6.31. The Morgan fingerprint density at radius 1 is 0.825 bits per heavy atom. The number of nitrogen functional groups attached to an aromatic ring is 1. The van der Waals surface area contributed by atoms with E-state index in [4.69, 9.17) is 10.5 Å². The summed E-state index contributed by atoms with van der Waals surface area (Å²) >= 11 is 0. The summed E-state index contributed by atoms with van der Waals surface area (Å²) in [6.07, 6.45) is 9.77. The van der Waals surface area contributed by atoms with Gasteiger partial charge in [0.25, 0.3) is 11.8 Å². The molecule has 0 bridgehead atoms. The van der Waals surface area contributed by atoms with Gasteiger partial charge in [-0.15, -0.1) is 10.2 Å². The largest absolute Gasteiger partial charge is 0.507 e. The SMILES string of the molecule is Nc1nnc(-c2ccccc2O)cc1OCCc1ccc(CNC(=O)CCCCCCCCCCNc2ccc3c(c2)C(=O)N(C2CCC(=O)NC2=O)C3=O)cc1. The average Bonchev–Trinajstić information content (AvgIpc) is 3.45. The van der Waals surface area contributed by atoms with Gasteiger partial charge in [-0.1, -0.05) is 74.9 Å². The predicted molar refractivity (Wildman–Crippen MR) is 214 cm³/mol. The van der Waals surface area contributed by atoms with Crippen molar-refractivity contribution in [1.82, 2.24) is 25.7 Å². The zero-order chi connectivity index (χ0) is 40.1. The second-order valence-electron chi connectivity index (χ2n) is 14.4. The molecule has 298 valence electrons. The number of phenolic OH excluding ortho intramolecular Hbond substituents is 1. The third kappa shape index (κ3) is 10.7. The maximum Gasteiger partial charge on any atom is 0.262 e. The van der Waals surface area contributed by atoms with Gasteiger partial charge in [-0.2, -0.15) is 0 Å². The van der Waals surface area contributed by atoms with Gasteiger partial charge in [-0.25, -0.2) is 0 Å². The summed E-state index contributed by atoms with van der Waals surface area (Å²) in [5.74, 6) is -1.29. The van der Waals surface area contributed by atoms with Crippen molar-refractivity contribution >= 4 is 41.0 Å². The summed E-state index contributed by atoms with van der Waals surface area (Å²) in [5.41, 5.74) is 10.4. The molecule has 4 aromatic rings. The Labute approximate surface area is 331 Å². The fourth-order valence-corrected chi connectivity index (χ4v) is 7.00. The predicted octanol–water partition coefficient (Wildman–Crippen LogP) is 5.69. The zero-order valence-corrected chi connectivity index (χ0v) is 31.9. The molecule has 2 aliphatic heterocycles. The number of para-hydroxylation sites is 1. The molecule has 57 heavy (non-hydrogen) atoms. The molecule has 0 saturated carbocycles. The molecule has 14 heteroatoms. The summed E-state index contributed by atoms with van der Waals surface area (Å²) in [4.78, 5) is 63.1. The first-order valence-electron chi connectivity index (χ1n) is 19.7. The van der Waals surface area contributed by atoms with Gasteiger partial charge in [0.2, 0.25) is 17.7 Å². The van der Waals surface area contributed by atoms with E-state index in [0.29, 0.717) is 43.0 Å². The lowest BCUT2D eigenvalue weighted by molar-refractivity contribution is -0.136. The third-order valence-corrected chi connectivity index (χ3v) is 10.2. The van der Waals surface area contributed by atoms with Crippen LogP contribution in [0.2, 0.25) is 0 Å². The fourth-order valence-electron chi connectivity index (χ4n) is 7.00. The van der Waals surface area contributed by atoms with E-state index in [1.54, 1.807) is 48.5 Å². The number of carbonyl (C=O) groups is 5. The number of carbonyl (C=O) groups excluding carboxylic acids is 5. The number of piperidine rings is 1. The lowest BCUT2D eigenvalue weighted by Gasteiger charge is -2.27. The van der Waals surface area contributed by atoms with Gasteiger partial charge in [0.1, 0.15) is 17.5 Å². The number of aromatic nitrogens is 2. The van der Waals surface area contributed by atoms with Crippen LogP contribution in [-0.2, 0) is 27.3 Å². The van der Waals surface area contributed by atoms with Crippen LogP contribution < -0.4 is 26.4 Å². The van der Waals surface area contributed by atoms with Crippen LogP contribution in [0.3, 0.4) is 0 Å². The van der Waals surface area contributed by atoms with Gasteiger partial charge in [0.05, 0.1) is 17.7 Å². The van der Waals surface area contributed by atoms with Crippen LogP contribution in [0.4, 0.5) is 11.5 Å². The average molecular weight is 776 g/mol. The highest BCUT2D eigenvalue weighted by Gasteiger charge is 2.44. The molecule has 2 aliphatic rings. The maximum atomic E-state index is 13.0. The molecular weight excluding hydrogens is 727 g/mol. The molecule has 1 aromatic heterocycles. The van der Waals surface area contributed by atoms with Crippen molar-refractivity contribution in [3.05, 3.63) is 95.1 Å². The van der Waals surface area contributed by atoms with Crippen molar-refractivity contribution in [1.29, 1.82) is 0 Å². The Bertz CT molecular complexity index is 2090. The number of hydrogen-bond donors (Lipinski definition) is 5. The molecule has 3 heterocycles. The van der Waals surface area contributed by atoms with E-state index in [2.05, 4.69) is 26.1 Å². The minimum Gasteiger partial charge on any atom is -0.507 e. The normalized spacial score (nSPS) is 15.0. The van der Waals surface area contributed by atoms with Crippen LogP contribution >= 0.6 is 0 Å². The summed E-state index contributed by atoms with van der Waals surface area (Å²) < 4.78 is 5.89. The number of nitrogens with one attached hydrogen (secondary N) is 3. The highest BCUT2D eigenvalue weighted by Crippen LogP contribution is 2.31. The number of benzene rings is 3. The number of aromatic hydroxyl groups is 1. The molecule has 0 spiro atoms. The molecule has 1 fully saturated rings. The molecule has 1 atom stereocenters. The number of unbranched alkanes of at least 4 members (excludes halogenated alkanes) is 7. The van der Waals surface area contributed by atoms with Crippen molar-refractivity contribution in [3.8, 4) is 22.8 Å². The summed E-state index contributed by atoms with van der Waals surface area (Å²) in [6.45, 7) is 1.60. The van der Waals surface area contributed by atoms with E-state index in [9.17, 15) is 29.1 Å². The van der Waals surface area contributed by atoms with E-state index >= 15 is 0 Å². The van der Waals surface area contributed by atoms with E-state index in [-0.39, 0.29) is 41.4 Å². The van der Waals surface area contributed by atoms with E-state index in [0.717, 1.165) is 79.6 Å². The Kier molecular flexibility index (Phi) is 13.8. The van der Waals surface area contributed by atoms with Gasteiger partial charge in [-0.05, 0) is 60.7 Å². The lowest BCUT2D eigenvalue weighted by atomic mass is 10.0. The monoisotopic (exact) mass is 775 g/mol. The van der Waals surface area contributed by atoms with Gasteiger partial charge in [-0.3, -0.25) is 34.2 Å². The quantitative estimate of drug-likeness (QED) is 0.0544. The number of phenols is 1. The molecule has 14 nitrogen and oxygen atoms in total. The molecule has 1 saturated heterocycles. The minimum atomic E-state index is -0.972. The van der Waals surface area contributed by atoms with Crippen LogP contribution in [0.15, 0.2) is 72.8 Å². The number of nitrogens with two attached hydrogens (primary N) is 1. The van der Waals surface area contributed by atoms with Crippen molar-refractivity contribution < 1.29 is 33.8 Å². The highest BCUT2D eigenvalue weighted by atomic mass is 16.5. The summed E-state index contributed by atoms with van der Waals surface area (Å²) in [7, 11) is 0. The number of anilines is 2. The maximum absolute atomic E-state index is 13.0. The second-order valence-corrected chi connectivity index (χ2v) is 14.4. The van der Waals surface area contributed by atoms with Crippen molar-refractivity contribution in [2.24, 2.45) is 0 Å². The first-order valence-corrected chi connectivity index (χ1v) is 19.7. The standard InChI is InChI=1S/C43H49N7O7/c44-40-37(26-34(48-49-40)32-11-8-9-12-36(32)51)57-24-22-28-14-16-29(17-15-28)27-46-38(52)13-7-5-3-1-2-4-6-10-23-45-30-18-19-31-33(25-30)43(56)50(42(31)55)35-20-21-39(53)47-41(35)54/h8-9,11-12,14-19,25-26,35,45,51H,1-7,10,13,20-24,27H2,(H2,44,49)(H,46,52)(H,47,53,54). The van der Waals surface area contributed by atoms with E-state index < -0.39 is 29.7 Å². The summed E-state index contributed by atoms with van der Waals surface area (Å²) in [6, 6.07) is 20.7. The molecule has 6 N–H and O–H groups in total. The van der Waals surface area contributed by atoms with E-state index in [1.165, 1.54) is 0 Å². The Morgan fingerprint density at radius 2 is 1.53 bits per heavy atom. The fraction of sp³-hybridized carbons (Fsp3) is 0.372. The lowest BCUT2D eigenvalue weighted by Crippen LogP contribution is -2.54. The van der Waals surface area contributed by atoms with Crippen molar-refractivity contribution in [2.45, 2.75) is 89.6 Å². The number of nitrogens with zero attached hydrogens (tertiary/aromatic N) is 3. The van der Waals surface area contributed by atoms with Gasteiger partial charge in [0.15, 0.2) is 11.6 Å². The number of fused-ring (bicyclic) bond motifs is 1. The Balaban J connectivity index is 0.779. The van der Waals surface area contributed by atoms with Gasteiger partial charge in [0, 0.05) is 49.7 Å². The first kappa shape index (κ1) is 40.4. The zero-order valence-electron chi connectivity index (χ0n) is 31.9. The van der Waals surface area contributed by atoms with Crippen molar-refractivity contribution in [2.75, 3.05) is 24.2 Å². The molecule has 6 rings (SSSR count).